The Labute approximate surface area is 149 Å². The summed E-state index contributed by atoms with van der Waals surface area (Å²) < 4.78 is 4.99. The van der Waals surface area contributed by atoms with Crippen LogP contribution in [0.1, 0.15) is 13.8 Å². The fourth-order valence-corrected chi connectivity index (χ4v) is 2.68. The van der Waals surface area contributed by atoms with Gasteiger partial charge in [0.15, 0.2) is 0 Å². The van der Waals surface area contributed by atoms with Crippen molar-refractivity contribution in [3.63, 3.8) is 0 Å². The van der Waals surface area contributed by atoms with E-state index < -0.39 is 0 Å². The Morgan fingerprint density at radius 3 is 2.56 bits per heavy atom. The van der Waals surface area contributed by atoms with Crippen molar-refractivity contribution in [2.75, 3.05) is 17.9 Å². The summed E-state index contributed by atoms with van der Waals surface area (Å²) in [4.78, 5) is 32.1. The summed E-state index contributed by atoms with van der Waals surface area (Å²) in [7, 11) is 1.50. The highest BCUT2D eigenvalue weighted by molar-refractivity contribution is 8.00. The van der Waals surface area contributed by atoms with Gasteiger partial charge in [-0.15, -0.1) is 11.8 Å². The predicted molar refractivity (Wildman–Crippen MR) is 96.4 cm³/mol. The monoisotopic (exact) mass is 361 g/mol. The van der Waals surface area contributed by atoms with Gasteiger partial charge in [-0.3, -0.25) is 20.4 Å². The second-order valence-corrected chi connectivity index (χ2v) is 6.42. The number of thioether (sulfide) groups is 1. The van der Waals surface area contributed by atoms with Crippen molar-refractivity contribution >= 4 is 35.2 Å². The maximum atomic E-state index is 12.1. The highest BCUT2D eigenvalue weighted by atomic mass is 32.2. The minimum Gasteiger partial charge on any atom is -0.481 e. The van der Waals surface area contributed by atoms with Crippen LogP contribution in [0.5, 0.6) is 5.88 Å². The van der Waals surface area contributed by atoms with Crippen LogP contribution in [0.15, 0.2) is 41.4 Å². The van der Waals surface area contributed by atoms with Gasteiger partial charge in [-0.1, -0.05) is 0 Å². The molecule has 0 bridgehead atoms. The number of hydrogen-bond donors (Lipinski definition) is 3. The Balaban J connectivity index is 1.86. The highest BCUT2D eigenvalue weighted by Crippen LogP contribution is 2.24. The van der Waals surface area contributed by atoms with Crippen LogP contribution < -0.4 is 20.9 Å². The number of hydrogen-bond acceptors (Lipinski definition) is 7. The minimum absolute atomic E-state index is 0.126. The third-order valence-corrected chi connectivity index (χ3v) is 4.11. The van der Waals surface area contributed by atoms with Crippen molar-refractivity contribution in [1.29, 1.82) is 0 Å². The third kappa shape index (κ3) is 5.96. The number of aromatic nitrogens is 2. The fourth-order valence-electron chi connectivity index (χ4n) is 1.81. The van der Waals surface area contributed by atoms with Gasteiger partial charge < -0.3 is 10.1 Å². The summed E-state index contributed by atoms with van der Waals surface area (Å²) in [5.41, 5.74) is 5.93. The minimum atomic E-state index is -0.343. The zero-order valence-corrected chi connectivity index (χ0v) is 14.9. The number of amides is 2. The number of nitrogens with zero attached hydrogens (tertiary/aromatic N) is 2. The van der Waals surface area contributed by atoms with Crippen LogP contribution in [0.25, 0.3) is 0 Å². The molecule has 0 spiro atoms. The molecule has 2 aromatic rings. The maximum absolute atomic E-state index is 12.1. The molecule has 0 aliphatic heterocycles. The number of nitrogens with one attached hydrogen (secondary N) is 3. The van der Waals surface area contributed by atoms with Crippen LogP contribution >= 0.6 is 11.8 Å². The Kier molecular flexibility index (Phi) is 6.58. The quantitative estimate of drug-likeness (QED) is 0.512. The van der Waals surface area contributed by atoms with Crippen LogP contribution in [-0.2, 0) is 9.59 Å². The molecule has 0 saturated heterocycles. The van der Waals surface area contributed by atoms with E-state index in [4.69, 9.17) is 4.74 Å². The van der Waals surface area contributed by atoms with Crippen molar-refractivity contribution in [2.24, 2.45) is 0 Å². The van der Waals surface area contributed by atoms with E-state index in [1.54, 1.807) is 25.1 Å². The van der Waals surface area contributed by atoms with Crippen molar-refractivity contribution in [3.8, 4) is 5.88 Å². The summed E-state index contributed by atoms with van der Waals surface area (Å²) >= 11 is 1.39. The second-order valence-electron chi connectivity index (χ2n) is 5.00. The molecule has 0 aliphatic rings. The summed E-state index contributed by atoms with van der Waals surface area (Å²) in [5, 5.41) is 2.35. The van der Waals surface area contributed by atoms with E-state index >= 15 is 0 Å². The zero-order chi connectivity index (χ0) is 18.2. The third-order valence-electron chi connectivity index (χ3n) is 2.99. The lowest BCUT2D eigenvalue weighted by Crippen LogP contribution is -2.36. The first-order chi connectivity index (χ1) is 12.0. The standard InChI is InChI=1S/C16H19N5O3S/c1-10(25-13-6-4-12(5-7-13)18-11(2)22)15(23)20-21-16-17-9-8-14(19-16)24-3/h4-10H,1-3H3,(H,18,22)(H,20,23)(H,17,19,21)/t10-/m1/s1. The van der Waals surface area contributed by atoms with Gasteiger partial charge in [-0.25, -0.2) is 4.98 Å². The number of rotatable bonds is 7. The van der Waals surface area contributed by atoms with Gasteiger partial charge in [0.2, 0.25) is 17.7 Å². The van der Waals surface area contributed by atoms with Crippen LogP contribution in [0, 0.1) is 0 Å². The molecular formula is C16H19N5O3S. The van der Waals surface area contributed by atoms with Crippen molar-refractivity contribution in [3.05, 3.63) is 36.5 Å². The molecule has 1 aromatic carbocycles. The van der Waals surface area contributed by atoms with E-state index in [2.05, 4.69) is 26.1 Å². The normalized spacial score (nSPS) is 11.3. The molecule has 25 heavy (non-hydrogen) atoms. The molecule has 0 radical (unpaired) electrons. The molecule has 2 amide bonds. The first-order valence-electron chi connectivity index (χ1n) is 7.45. The predicted octanol–water partition coefficient (Wildman–Crippen LogP) is 2.07. The summed E-state index contributed by atoms with van der Waals surface area (Å²) in [6, 6.07) is 8.88. The molecule has 132 valence electrons. The van der Waals surface area contributed by atoms with E-state index in [0.717, 1.165) is 4.90 Å². The summed E-state index contributed by atoms with van der Waals surface area (Å²) in [5.74, 6) is 0.291. The number of anilines is 2. The lowest BCUT2D eigenvalue weighted by Gasteiger charge is -2.13. The average Bonchev–Trinajstić information content (AvgIpc) is 2.61. The Bertz CT molecular complexity index is 739. The molecule has 0 fully saturated rings. The molecule has 1 heterocycles. The molecule has 8 nitrogen and oxygen atoms in total. The Morgan fingerprint density at radius 1 is 1.20 bits per heavy atom. The Morgan fingerprint density at radius 2 is 1.92 bits per heavy atom. The number of carbonyl (C=O) groups is 2. The van der Waals surface area contributed by atoms with Gasteiger partial charge >= 0.3 is 0 Å². The molecular weight excluding hydrogens is 342 g/mol. The molecule has 3 N–H and O–H groups in total. The maximum Gasteiger partial charge on any atom is 0.251 e. The van der Waals surface area contributed by atoms with Gasteiger partial charge in [0.05, 0.1) is 12.4 Å². The highest BCUT2D eigenvalue weighted by Gasteiger charge is 2.14. The van der Waals surface area contributed by atoms with Crippen molar-refractivity contribution in [1.82, 2.24) is 15.4 Å². The molecule has 1 aromatic heterocycles. The van der Waals surface area contributed by atoms with Crippen LogP contribution in [0.4, 0.5) is 11.6 Å². The number of ether oxygens (including phenoxy) is 1. The van der Waals surface area contributed by atoms with E-state index in [-0.39, 0.29) is 23.0 Å². The lowest BCUT2D eigenvalue weighted by molar-refractivity contribution is -0.119. The molecule has 2 rings (SSSR count). The van der Waals surface area contributed by atoms with Gasteiger partial charge in [-0.2, -0.15) is 4.98 Å². The van der Waals surface area contributed by atoms with E-state index in [1.807, 2.05) is 12.1 Å². The van der Waals surface area contributed by atoms with E-state index in [0.29, 0.717) is 11.6 Å². The number of carbonyl (C=O) groups excluding carboxylic acids is 2. The Hall–Kier alpha value is -2.81. The topological polar surface area (TPSA) is 105 Å². The van der Waals surface area contributed by atoms with Crippen molar-refractivity contribution < 1.29 is 14.3 Å². The SMILES string of the molecule is COc1ccnc(NNC(=O)[C@@H](C)Sc2ccc(NC(C)=O)cc2)n1. The van der Waals surface area contributed by atoms with Gasteiger partial charge in [-0.05, 0) is 31.2 Å². The number of hydrazine groups is 1. The van der Waals surface area contributed by atoms with Crippen LogP contribution in [0.2, 0.25) is 0 Å². The molecule has 1 atom stereocenters. The van der Waals surface area contributed by atoms with E-state index in [9.17, 15) is 9.59 Å². The largest absolute Gasteiger partial charge is 0.481 e. The molecule has 0 aliphatic carbocycles. The smallest absolute Gasteiger partial charge is 0.251 e. The van der Waals surface area contributed by atoms with Gasteiger partial charge in [0, 0.05) is 29.8 Å². The fraction of sp³-hybridized carbons (Fsp3) is 0.250. The summed E-state index contributed by atoms with van der Waals surface area (Å²) in [6.45, 7) is 3.24. The van der Waals surface area contributed by atoms with Crippen LogP contribution in [-0.4, -0.2) is 34.1 Å². The summed E-state index contributed by atoms with van der Waals surface area (Å²) in [6.07, 6.45) is 1.52. The second kappa shape index (κ2) is 8.88. The molecule has 0 saturated carbocycles. The lowest BCUT2D eigenvalue weighted by atomic mass is 10.3. The van der Waals surface area contributed by atoms with Gasteiger partial charge in [0.1, 0.15) is 0 Å². The molecule has 9 heteroatoms. The van der Waals surface area contributed by atoms with Gasteiger partial charge in [0.25, 0.3) is 5.91 Å². The first-order valence-corrected chi connectivity index (χ1v) is 8.33. The van der Waals surface area contributed by atoms with Crippen molar-refractivity contribution in [2.45, 2.75) is 24.0 Å². The number of methoxy groups -OCH3 is 1. The van der Waals surface area contributed by atoms with Crippen LogP contribution in [0.3, 0.4) is 0 Å². The van der Waals surface area contributed by atoms with E-state index in [1.165, 1.54) is 32.0 Å². The molecule has 0 unspecified atom stereocenters. The average molecular weight is 361 g/mol. The number of benzene rings is 1. The zero-order valence-electron chi connectivity index (χ0n) is 14.1. The first kappa shape index (κ1) is 18.5.